The maximum atomic E-state index is 2.66. The summed E-state index contributed by atoms with van der Waals surface area (Å²) in [5.74, 6) is 3.23. The van der Waals surface area contributed by atoms with Gasteiger partial charge in [0.2, 0.25) is 0 Å². The molecule has 4 bridgehead atoms. The summed E-state index contributed by atoms with van der Waals surface area (Å²) in [6, 6.07) is 50.2. The van der Waals surface area contributed by atoms with Gasteiger partial charge >= 0.3 is 0 Å². The second kappa shape index (κ2) is 12.5. The van der Waals surface area contributed by atoms with Crippen molar-refractivity contribution < 1.29 is 0 Å². The first-order valence-electron chi connectivity index (χ1n) is 22.6. The van der Waals surface area contributed by atoms with Crippen molar-refractivity contribution in [2.45, 2.75) is 118 Å². The lowest BCUT2D eigenvalue weighted by Gasteiger charge is -2.63. The normalized spacial score (nSPS) is 26.7. The molecule has 296 valence electrons. The Labute approximate surface area is 356 Å². The van der Waals surface area contributed by atoms with Crippen LogP contribution < -0.4 is 4.90 Å². The second-order valence-corrected chi connectivity index (χ2v) is 22.3. The SMILES string of the molecule is CC1(C)CCC(C)(C)c2cc(N(c3ccc4c(c3)C(C)(C)c3ccccc3-4)c3ccc4c(c3-c3ccccc3)Sc3ccccc3C43C4CC5CC(C4)CC3C5)ccc21. The number of hydrogen-bond acceptors (Lipinski definition) is 2. The highest BCUT2D eigenvalue weighted by atomic mass is 32.2. The first kappa shape index (κ1) is 36.3. The number of benzene rings is 6. The molecule has 4 saturated carbocycles. The van der Waals surface area contributed by atoms with Crippen molar-refractivity contribution in [2.75, 3.05) is 4.90 Å². The summed E-state index contributed by atoms with van der Waals surface area (Å²) in [6.07, 6.45) is 9.40. The van der Waals surface area contributed by atoms with E-state index >= 15 is 0 Å². The van der Waals surface area contributed by atoms with Crippen molar-refractivity contribution in [1.29, 1.82) is 0 Å². The average molecular weight is 788 g/mol. The first-order chi connectivity index (χ1) is 28.4. The van der Waals surface area contributed by atoms with Crippen LogP contribution in [0.3, 0.4) is 0 Å². The summed E-state index contributed by atoms with van der Waals surface area (Å²) in [5, 5.41) is 0. The molecule has 6 aromatic carbocycles. The largest absolute Gasteiger partial charge is 0.310 e. The third-order valence-electron chi connectivity index (χ3n) is 16.8. The van der Waals surface area contributed by atoms with E-state index in [2.05, 4.69) is 186 Å². The molecule has 2 heteroatoms. The monoisotopic (exact) mass is 787 g/mol. The van der Waals surface area contributed by atoms with Gasteiger partial charge < -0.3 is 4.90 Å². The molecular formula is C57H57NS. The van der Waals surface area contributed by atoms with Gasteiger partial charge in [-0.25, -0.2) is 0 Å². The summed E-state index contributed by atoms with van der Waals surface area (Å²) in [5.41, 5.74) is 18.5. The highest BCUT2D eigenvalue weighted by molar-refractivity contribution is 7.99. The Morgan fingerprint density at radius 1 is 0.492 bits per heavy atom. The fourth-order valence-corrected chi connectivity index (χ4v) is 15.4. The molecule has 0 atom stereocenters. The van der Waals surface area contributed by atoms with Gasteiger partial charge in [-0.15, -0.1) is 0 Å². The van der Waals surface area contributed by atoms with Crippen molar-refractivity contribution in [1.82, 2.24) is 0 Å². The molecule has 1 nitrogen and oxygen atoms in total. The van der Waals surface area contributed by atoms with Crippen molar-refractivity contribution in [3.63, 3.8) is 0 Å². The van der Waals surface area contributed by atoms with E-state index in [1.807, 2.05) is 0 Å². The summed E-state index contributed by atoms with van der Waals surface area (Å²) in [4.78, 5) is 5.62. The van der Waals surface area contributed by atoms with E-state index in [0.29, 0.717) is 11.8 Å². The molecular weight excluding hydrogens is 731 g/mol. The van der Waals surface area contributed by atoms with E-state index < -0.39 is 0 Å². The quantitative estimate of drug-likeness (QED) is 0.175. The van der Waals surface area contributed by atoms with Crippen LogP contribution in [-0.4, -0.2) is 0 Å². The zero-order chi connectivity index (χ0) is 40.1. The molecule has 0 amide bonds. The summed E-state index contributed by atoms with van der Waals surface area (Å²) in [6.45, 7) is 14.7. The van der Waals surface area contributed by atoms with Gasteiger partial charge in [0.25, 0.3) is 0 Å². The van der Waals surface area contributed by atoms with Crippen molar-refractivity contribution in [3.8, 4) is 22.3 Å². The minimum atomic E-state index is -0.0982. The van der Waals surface area contributed by atoms with Crippen LogP contribution in [0.1, 0.15) is 120 Å². The molecule has 1 aliphatic heterocycles. The molecule has 59 heavy (non-hydrogen) atoms. The van der Waals surface area contributed by atoms with Gasteiger partial charge in [0, 0.05) is 37.6 Å². The fourth-order valence-electron chi connectivity index (χ4n) is 14.0. The number of hydrogen-bond donors (Lipinski definition) is 0. The molecule has 7 aliphatic rings. The fraction of sp³-hybridized carbons (Fsp3) is 0.368. The molecule has 0 N–H and O–H groups in total. The van der Waals surface area contributed by atoms with E-state index in [9.17, 15) is 0 Å². The van der Waals surface area contributed by atoms with Crippen LogP contribution in [0.2, 0.25) is 0 Å². The predicted molar refractivity (Wildman–Crippen MR) is 248 cm³/mol. The molecule has 0 aromatic heterocycles. The van der Waals surface area contributed by atoms with Gasteiger partial charge in [0.15, 0.2) is 0 Å². The minimum Gasteiger partial charge on any atom is -0.310 e. The third kappa shape index (κ3) is 5.05. The van der Waals surface area contributed by atoms with Crippen LogP contribution in [-0.2, 0) is 21.7 Å². The Morgan fingerprint density at radius 2 is 1.07 bits per heavy atom. The Morgan fingerprint density at radius 3 is 1.80 bits per heavy atom. The zero-order valence-corrected chi connectivity index (χ0v) is 36.6. The number of anilines is 3. The van der Waals surface area contributed by atoms with Gasteiger partial charge in [-0.1, -0.05) is 144 Å². The molecule has 6 aromatic rings. The van der Waals surface area contributed by atoms with Crippen LogP contribution >= 0.6 is 11.8 Å². The maximum absolute atomic E-state index is 2.66. The highest BCUT2D eigenvalue weighted by Gasteiger charge is 2.61. The van der Waals surface area contributed by atoms with Crippen LogP contribution in [0, 0.1) is 23.7 Å². The Kier molecular flexibility index (Phi) is 7.70. The average Bonchev–Trinajstić information content (AvgIpc) is 3.46. The molecule has 13 rings (SSSR count). The highest BCUT2D eigenvalue weighted by Crippen LogP contribution is 2.70. The zero-order valence-electron chi connectivity index (χ0n) is 35.7. The molecule has 0 unspecified atom stereocenters. The van der Waals surface area contributed by atoms with Crippen LogP contribution in [0.4, 0.5) is 17.1 Å². The topological polar surface area (TPSA) is 3.24 Å². The third-order valence-corrected chi connectivity index (χ3v) is 18.0. The van der Waals surface area contributed by atoms with E-state index in [1.165, 1.54) is 116 Å². The Bertz CT molecular complexity index is 2670. The lowest BCUT2D eigenvalue weighted by atomic mass is 9.42. The summed E-state index contributed by atoms with van der Waals surface area (Å²) < 4.78 is 0. The van der Waals surface area contributed by atoms with E-state index in [1.54, 1.807) is 11.1 Å². The molecule has 6 aliphatic carbocycles. The Hall–Kier alpha value is -4.53. The lowest BCUT2D eigenvalue weighted by molar-refractivity contribution is -0.0443. The molecule has 1 spiro atoms. The number of rotatable bonds is 4. The number of fused-ring (bicyclic) bond motifs is 6. The minimum absolute atomic E-state index is 0.0717. The Balaban J connectivity index is 1.14. The van der Waals surface area contributed by atoms with Gasteiger partial charge in [0.1, 0.15) is 0 Å². The van der Waals surface area contributed by atoms with Gasteiger partial charge in [-0.05, 0) is 166 Å². The smallest absolute Gasteiger partial charge is 0.0551 e. The van der Waals surface area contributed by atoms with E-state index in [4.69, 9.17) is 0 Å². The number of nitrogens with zero attached hydrogens (tertiary/aromatic N) is 1. The van der Waals surface area contributed by atoms with Crippen LogP contribution in [0.5, 0.6) is 0 Å². The van der Waals surface area contributed by atoms with Gasteiger partial charge in [0.05, 0.1) is 5.69 Å². The summed E-state index contributed by atoms with van der Waals surface area (Å²) >= 11 is 2.05. The first-order valence-corrected chi connectivity index (χ1v) is 23.5. The lowest BCUT2D eigenvalue weighted by Crippen LogP contribution is -2.57. The van der Waals surface area contributed by atoms with Crippen molar-refractivity contribution in [3.05, 3.63) is 161 Å². The maximum Gasteiger partial charge on any atom is 0.0551 e. The predicted octanol–water partition coefficient (Wildman–Crippen LogP) is 15.7. The molecule has 1 heterocycles. The second-order valence-electron chi connectivity index (χ2n) is 21.2. The van der Waals surface area contributed by atoms with E-state index in [-0.39, 0.29) is 21.7 Å². The van der Waals surface area contributed by atoms with E-state index in [0.717, 1.165) is 11.8 Å². The van der Waals surface area contributed by atoms with Crippen molar-refractivity contribution >= 4 is 28.8 Å². The van der Waals surface area contributed by atoms with Crippen molar-refractivity contribution in [2.24, 2.45) is 23.7 Å². The van der Waals surface area contributed by atoms with Gasteiger partial charge in [-0.3, -0.25) is 0 Å². The van der Waals surface area contributed by atoms with Crippen LogP contribution in [0.15, 0.2) is 137 Å². The standard InChI is InChI=1S/C57H57NS/c1-54(2)26-27-55(3,4)49-34-41(21-23-45(49)54)58(40-20-22-43-42-16-10-11-17-44(42)56(5,6)48(43)33-40)50-25-24-47-53(52(50)37-14-8-7-9-15-37)59-51-19-13-12-18-46(51)57(47)38-29-35-28-36(31-38)32-39(57)30-35/h7-25,33-36,38-39H,26-32H2,1-6H3. The molecule has 0 radical (unpaired) electrons. The summed E-state index contributed by atoms with van der Waals surface area (Å²) in [7, 11) is 0. The molecule has 4 fully saturated rings. The van der Waals surface area contributed by atoms with Gasteiger partial charge in [-0.2, -0.15) is 0 Å². The van der Waals surface area contributed by atoms with Crippen LogP contribution in [0.25, 0.3) is 22.3 Å². The molecule has 0 saturated heterocycles.